The quantitative estimate of drug-likeness (QED) is 0.625. The Bertz CT molecular complexity index is 278. The zero-order chi connectivity index (χ0) is 9.68. The summed E-state index contributed by atoms with van der Waals surface area (Å²) in [6.07, 6.45) is 4.61. The van der Waals surface area contributed by atoms with E-state index in [-0.39, 0.29) is 17.5 Å². The second kappa shape index (κ2) is 4.71. The third-order valence-corrected chi connectivity index (χ3v) is 2.13. The van der Waals surface area contributed by atoms with Gasteiger partial charge in [0, 0.05) is 18.8 Å². The summed E-state index contributed by atoms with van der Waals surface area (Å²) in [6, 6.07) is 0. The van der Waals surface area contributed by atoms with Gasteiger partial charge in [0.15, 0.2) is 5.76 Å². The molecule has 1 N–H and O–H groups in total. The molecular formula is C11H14O2. The summed E-state index contributed by atoms with van der Waals surface area (Å²) in [5.74, 6) is 5.58. The SMILES string of the molecule is CCC#CCC1CCC=C(O)C1=O. The highest BCUT2D eigenvalue weighted by Gasteiger charge is 2.23. The van der Waals surface area contributed by atoms with Crippen molar-refractivity contribution >= 4 is 5.78 Å². The van der Waals surface area contributed by atoms with Gasteiger partial charge in [-0.3, -0.25) is 4.79 Å². The summed E-state index contributed by atoms with van der Waals surface area (Å²) < 4.78 is 0. The first-order valence-electron chi connectivity index (χ1n) is 4.64. The van der Waals surface area contributed by atoms with Crippen molar-refractivity contribution in [1.82, 2.24) is 0 Å². The lowest BCUT2D eigenvalue weighted by Crippen LogP contribution is -2.19. The second-order valence-corrected chi connectivity index (χ2v) is 3.14. The fraction of sp³-hybridized carbons (Fsp3) is 0.545. The van der Waals surface area contributed by atoms with E-state index in [1.807, 2.05) is 6.92 Å². The smallest absolute Gasteiger partial charge is 0.200 e. The number of hydrogen-bond acceptors (Lipinski definition) is 2. The van der Waals surface area contributed by atoms with Crippen LogP contribution in [0.3, 0.4) is 0 Å². The van der Waals surface area contributed by atoms with Crippen LogP contribution < -0.4 is 0 Å². The number of ketones is 1. The average molecular weight is 178 g/mol. The largest absolute Gasteiger partial charge is 0.505 e. The van der Waals surface area contributed by atoms with Crippen LogP contribution in [0.2, 0.25) is 0 Å². The molecule has 13 heavy (non-hydrogen) atoms. The van der Waals surface area contributed by atoms with Crippen LogP contribution in [0.4, 0.5) is 0 Å². The molecule has 2 nitrogen and oxygen atoms in total. The Morgan fingerprint density at radius 2 is 2.38 bits per heavy atom. The Balaban J connectivity index is 2.53. The van der Waals surface area contributed by atoms with Crippen LogP contribution in [0.1, 0.15) is 32.6 Å². The number of carbonyl (C=O) groups excluding carboxylic acids is 1. The van der Waals surface area contributed by atoms with Crippen molar-refractivity contribution in [3.63, 3.8) is 0 Å². The molecule has 0 amide bonds. The molecule has 2 heteroatoms. The van der Waals surface area contributed by atoms with Crippen LogP contribution >= 0.6 is 0 Å². The summed E-state index contributed by atoms with van der Waals surface area (Å²) in [5, 5.41) is 9.17. The van der Waals surface area contributed by atoms with Crippen LogP contribution in [0.5, 0.6) is 0 Å². The summed E-state index contributed by atoms with van der Waals surface area (Å²) in [7, 11) is 0. The maximum Gasteiger partial charge on any atom is 0.200 e. The van der Waals surface area contributed by atoms with Crippen molar-refractivity contribution < 1.29 is 9.90 Å². The normalized spacial score (nSPS) is 21.8. The van der Waals surface area contributed by atoms with Crippen LogP contribution in [0, 0.1) is 17.8 Å². The second-order valence-electron chi connectivity index (χ2n) is 3.14. The van der Waals surface area contributed by atoms with Gasteiger partial charge >= 0.3 is 0 Å². The first-order chi connectivity index (χ1) is 6.25. The van der Waals surface area contributed by atoms with Crippen LogP contribution in [0.25, 0.3) is 0 Å². The van der Waals surface area contributed by atoms with Crippen LogP contribution in [0.15, 0.2) is 11.8 Å². The Labute approximate surface area is 78.6 Å². The minimum Gasteiger partial charge on any atom is -0.505 e. The van der Waals surface area contributed by atoms with E-state index in [1.165, 1.54) is 0 Å². The number of rotatable bonds is 1. The van der Waals surface area contributed by atoms with Crippen molar-refractivity contribution in [2.45, 2.75) is 32.6 Å². The lowest BCUT2D eigenvalue weighted by atomic mass is 9.89. The molecule has 0 heterocycles. The number of aliphatic hydroxyl groups excluding tert-OH is 1. The Kier molecular flexibility index (Phi) is 3.57. The molecule has 0 fully saturated rings. The highest BCUT2D eigenvalue weighted by molar-refractivity contribution is 5.95. The number of aliphatic hydroxyl groups is 1. The fourth-order valence-electron chi connectivity index (χ4n) is 1.38. The van der Waals surface area contributed by atoms with Crippen molar-refractivity contribution in [2.75, 3.05) is 0 Å². The monoisotopic (exact) mass is 178 g/mol. The van der Waals surface area contributed by atoms with Crippen molar-refractivity contribution in [3.8, 4) is 11.8 Å². The maximum atomic E-state index is 11.3. The first-order valence-corrected chi connectivity index (χ1v) is 4.64. The first kappa shape index (κ1) is 9.85. The summed E-state index contributed by atoms with van der Waals surface area (Å²) >= 11 is 0. The highest BCUT2D eigenvalue weighted by atomic mass is 16.3. The van der Waals surface area contributed by atoms with E-state index in [4.69, 9.17) is 5.11 Å². The zero-order valence-electron chi connectivity index (χ0n) is 7.84. The van der Waals surface area contributed by atoms with Crippen molar-refractivity contribution in [2.24, 2.45) is 5.92 Å². The van der Waals surface area contributed by atoms with Gasteiger partial charge in [0.2, 0.25) is 5.78 Å². The molecule has 0 saturated heterocycles. The lowest BCUT2D eigenvalue weighted by molar-refractivity contribution is -0.122. The summed E-state index contributed by atoms with van der Waals surface area (Å²) in [5.41, 5.74) is 0. The third kappa shape index (κ3) is 2.62. The number of Topliss-reactive ketones (excluding diaryl/α,β-unsaturated/α-hetero) is 1. The Hall–Kier alpha value is -1.23. The molecule has 0 radical (unpaired) electrons. The number of carbonyl (C=O) groups is 1. The van der Waals surface area contributed by atoms with Gasteiger partial charge in [0.25, 0.3) is 0 Å². The number of hydrogen-bond donors (Lipinski definition) is 1. The maximum absolute atomic E-state index is 11.3. The van der Waals surface area contributed by atoms with E-state index in [0.717, 1.165) is 19.3 Å². The predicted octanol–water partition coefficient (Wildman–Crippen LogP) is 2.21. The standard InChI is InChI=1S/C11H14O2/c1-2-3-4-6-9-7-5-8-10(12)11(9)13/h8-9,12H,2,5-7H2,1H3. The van der Waals surface area contributed by atoms with Gasteiger partial charge in [-0.15, -0.1) is 11.8 Å². The molecule has 0 aromatic rings. The molecule has 1 unspecified atom stereocenters. The molecule has 1 aliphatic rings. The van der Waals surface area contributed by atoms with Crippen molar-refractivity contribution in [1.29, 1.82) is 0 Å². The molecule has 0 bridgehead atoms. The fourth-order valence-corrected chi connectivity index (χ4v) is 1.38. The summed E-state index contributed by atoms with van der Waals surface area (Å²) in [6.45, 7) is 1.98. The van der Waals surface area contributed by atoms with Gasteiger partial charge in [0.05, 0.1) is 0 Å². The molecular weight excluding hydrogens is 164 g/mol. The minimum atomic E-state index is -0.142. The van der Waals surface area contributed by atoms with Crippen molar-refractivity contribution in [3.05, 3.63) is 11.8 Å². The van der Waals surface area contributed by atoms with E-state index in [2.05, 4.69) is 11.8 Å². The molecule has 1 aliphatic carbocycles. The Morgan fingerprint density at radius 3 is 3.08 bits per heavy atom. The van der Waals surface area contributed by atoms with E-state index < -0.39 is 0 Å². The molecule has 1 rings (SSSR count). The van der Waals surface area contributed by atoms with E-state index in [9.17, 15) is 4.79 Å². The van der Waals surface area contributed by atoms with Gasteiger partial charge in [-0.25, -0.2) is 0 Å². The molecule has 0 aromatic heterocycles. The van der Waals surface area contributed by atoms with Gasteiger partial charge in [-0.1, -0.05) is 6.92 Å². The molecule has 0 aromatic carbocycles. The topological polar surface area (TPSA) is 37.3 Å². The predicted molar refractivity (Wildman–Crippen MR) is 51.1 cm³/mol. The van der Waals surface area contributed by atoms with Gasteiger partial charge in [-0.2, -0.15) is 0 Å². The highest BCUT2D eigenvalue weighted by Crippen LogP contribution is 2.21. The van der Waals surface area contributed by atoms with Gasteiger partial charge in [0.1, 0.15) is 0 Å². The van der Waals surface area contributed by atoms with Gasteiger partial charge in [-0.05, 0) is 18.9 Å². The van der Waals surface area contributed by atoms with E-state index >= 15 is 0 Å². The minimum absolute atomic E-state index is 0.0745. The Morgan fingerprint density at radius 1 is 1.62 bits per heavy atom. The van der Waals surface area contributed by atoms with Gasteiger partial charge < -0.3 is 5.11 Å². The van der Waals surface area contributed by atoms with Crippen LogP contribution in [-0.2, 0) is 4.79 Å². The summed E-state index contributed by atoms with van der Waals surface area (Å²) in [4.78, 5) is 11.3. The molecule has 1 atom stereocenters. The van der Waals surface area contributed by atoms with Crippen LogP contribution in [-0.4, -0.2) is 10.9 Å². The number of allylic oxidation sites excluding steroid dienone is 2. The third-order valence-electron chi connectivity index (χ3n) is 2.13. The zero-order valence-corrected chi connectivity index (χ0v) is 7.84. The van der Waals surface area contributed by atoms with E-state index in [1.54, 1.807) is 6.08 Å². The molecule has 0 aliphatic heterocycles. The molecule has 70 valence electrons. The lowest BCUT2D eigenvalue weighted by Gasteiger charge is -2.15. The molecule has 0 spiro atoms. The van der Waals surface area contributed by atoms with E-state index in [0.29, 0.717) is 6.42 Å². The average Bonchev–Trinajstić information content (AvgIpc) is 2.13. The molecule has 0 saturated carbocycles.